The molecule has 19 heavy (non-hydrogen) atoms. The van der Waals surface area contributed by atoms with Gasteiger partial charge in [-0.05, 0) is 27.7 Å². The molecule has 0 aliphatic heterocycles. The van der Waals surface area contributed by atoms with E-state index in [1.165, 1.54) is 0 Å². The molecule has 0 heterocycles. The first-order valence-electron chi connectivity index (χ1n) is 6.51. The van der Waals surface area contributed by atoms with Gasteiger partial charge in [0.2, 0.25) is 0 Å². The maximum Gasteiger partial charge on any atom is 0.0788 e. The maximum atomic E-state index is 5.67. The smallest absolute Gasteiger partial charge is 0.0788 e. The van der Waals surface area contributed by atoms with Crippen LogP contribution in [0.1, 0.15) is 27.7 Å². The third kappa shape index (κ3) is 12.1. The van der Waals surface area contributed by atoms with Gasteiger partial charge in [-0.3, -0.25) is 0 Å². The summed E-state index contributed by atoms with van der Waals surface area (Å²) in [6.07, 6.45) is 0.193. The summed E-state index contributed by atoms with van der Waals surface area (Å²) < 4.78 is 26.8. The summed E-state index contributed by atoms with van der Waals surface area (Å²) >= 11 is 0. The summed E-state index contributed by atoms with van der Waals surface area (Å²) in [7, 11) is 4.44. The van der Waals surface area contributed by atoms with Gasteiger partial charge in [0.1, 0.15) is 0 Å². The van der Waals surface area contributed by atoms with Gasteiger partial charge in [0.05, 0.1) is 50.8 Å². The highest BCUT2D eigenvalue weighted by atomic mass is 31.0. The minimum absolute atomic E-state index is 0.0372. The van der Waals surface area contributed by atoms with Crippen LogP contribution < -0.4 is 0 Å². The molecular weight excluding hydrogens is 286 g/mol. The van der Waals surface area contributed by atoms with Crippen molar-refractivity contribution in [1.82, 2.24) is 0 Å². The topological polar surface area (TPSA) is 46.2 Å². The Morgan fingerprint density at radius 3 is 1.26 bits per heavy atom. The Balaban J connectivity index is 3.60. The highest BCUT2D eigenvalue weighted by molar-refractivity contribution is 7.10. The van der Waals surface area contributed by atoms with Crippen LogP contribution in [0.2, 0.25) is 0 Å². The second kappa shape index (κ2) is 12.4. The molecule has 0 radical (unpaired) electrons. The molecule has 0 amide bonds. The third-order valence-electron chi connectivity index (χ3n) is 2.30. The van der Waals surface area contributed by atoms with Gasteiger partial charge in [0.25, 0.3) is 0 Å². The fourth-order valence-electron chi connectivity index (χ4n) is 1.62. The molecule has 0 saturated heterocycles. The second-order valence-electron chi connectivity index (χ2n) is 4.72. The zero-order valence-corrected chi connectivity index (χ0v) is 14.6. The minimum Gasteiger partial charge on any atom is -0.376 e. The molecule has 0 aromatic carbocycles. The fourth-order valence-corrected chi connectivity index (χ4v) is 2.16. The first-order chi connectivity index (χ1) is 8.99. The monoisotopic (exact) mass is 314 g/mol. The second-order valence-corrected chi connectivity index (χ2v) is 5.39. The van der Waals surface area contributed by atoms with Gasteiger partial charge in [0.15, 0.2) is 0 Å². The molecule has 0 fully saturated rings. The lowest BCUT2D eigenvalue weighted by Gasteiger charge is -2.21. The highest BCUT2D eigenvalue weighted by Crippen LogP contribution is 2.04. The van der Waals surface area contributed by atoms with E-state index in [0.717, 1.165) is 0 Å². The van der Waals surface area contributed by atoms with Crippen LogP contribution in [-0.2, 0) is 23.3 Å². The lowest BCUT2D eigenvalue weighted by Crippen LogP contribution is -2.28. The van der Waals surface area contributed by atoms with Crippen molar-refractivity contribution in [2.45, 2.75) is 52.1 Å². The van der Waals surface area contributed by atoms with Crippen molar-refractivity contribution in [2.24, 2.45) is 0 Å². The van der Waals surface area contributed by atoms with Crippen molar-refractivity contribution in [3.8, 4) is 0 Å². The molecular formula is C12H28O5P2. The Bertz CT molecular complexity index is 189. The van der Waals surface area contributed by atoms with E-state index in [9.17, 15) is 0 Å². The Morgan fingerprint density at radius 2 is 0.947 bits per heavy atom. The van der Waals surface area contributed by atoms with E-state index in [2.05, 4.69) is 18.9 Å². The first-order valence-corrected chi connectivity index (χ1v) is 7.45. The Labute approximate surface area is 121 Å². The summed E-state index contributed by atoms with van der Waals surface area (Å²) in [5.41, 5.74) is 0. The van der Waals surface area contributed by atoms with Crippen LogP contribution in [0.3, 0.4) is 0 Å². The van der Waals surface area contributed by atoms with E-state index in [1.807, 2.05) is 27.7 Å². The number of hydrogen-bond acceptors (Lipinski definition) is 5. The van der Waals surface area contributed by atoms with Crippen LogP contribution >= 0.6 is 18.9 Å². The van der Waals surface area contributed by atoms with Gasteiger partial charge in [0, 0.05) is 18.9 Å². The van der Waals surface area contributed by atoms with Crippen LogP contribution in [0.15, 0.2) is 0 Å². The average Bonchev–Trinajstić information content (AvgIpc) is 2.28. The minimum atomic E-state index is 0.0372. The third-order valence-corrected chi connectivity index (χ3v) is 2.68. The number of rotatable bonds is 12. The molecule has 0 aliphatic rings. The predicted octanol–water partition coefficient (Wildman–Crippen LogP) is 2.20. The molecule has 5 nitrogen and oxygen atoms in total. The van der Waals surface area contributed by atoms with Crippen molar-refractivity contribution in [1.29, 1.82) is 0 Å². The number of hydrogen-bond donors (Lipinski definition) is 0. The predicted molar refractivity (Wildman–Crippen MR) is 82.2 cm³/mol. The van der Waals surface area contributed by atoms with E-state index in [4.69, 9.17) is 23.3 Å². The molecule has 7 heteroatoms. The molecule has 0 spiro atoms. The molecule has 0 bridgehead atoms. The zero-order chi connectivity index (χ0) is 14.7. The van der Waals surface area contributed by atoms with Gasteiger partial charge in [-0.1, -0.05) is 0 Å². The lowest BCUT2D eigenvalue weighted by atomic mass is 10.3. The van der Waals surface area contributed by atoms with Crippen molar-refractivity contribution >= 4 is 18.9 Å². The summed E-state index contributed by atoms with van der Waals surface area (Å²) in [6, 6.07) is 0. The van der Waals surface area contributed by atoms with Crippen molar-refractivity contribution in [3.63, 3.8) is 0 Å². The molecule has 0 aliphatic carbocycles. The zero-order valence-electron chi connectivity index (χ0n) is 12.3. The molecule has 6 atom stereocenters. The van der Waals surface area contributed by atoms with Crippen molar-refractivity contribution in [3.05, 3.63) is 0 Å². The van der Waals surface area contributed by atoms with Crippen LogP contribution in [0.5, 0.6) is 0 Å². The molecule has 0 N–H and O–H groups in total. The Hall–Kier alpha value is 0.660. The quantitative estimate of drug-likeness (QED) is 0.517. The van der Waals surface area contributed by atoms with Gasteiger partial charge in [-0.15, -0.1) is 0 Å². The van der Waals surface area contributed by atoms with Crippen LogP contribution in [0.4, 0.5) is 0 Å². The first kappa shape index (κ1) is 19.7. The van der Waals surface area contributed by atoms with Crippen LogP contribution in [0.25, 0.3) is 0 Å². The SMILES string of the molecule is CC(COP)OC(C)COCC(C)OC(C)COP. The summed E-state index contributed by atoms with van der Waals surface area (Å²) in [5, 5.41) is 0. The summed E-state index contributed by atoms with van der Waals surface area (Å²) in [6.45, 7) is 10.1. The lowest BCUT2D eigenvalue weighted by molar-refractivity contribution is -0.0862. The van der Waals surface area contributed by atoms with Crippen molar-refractivity contribution < 1.29 is 23.3 Å². The maximum absolute atomic E-state index is 5.67. The van der Waals surface area contributed by atoms with Gasteiger partial charge in [-0.2, -0.15) is 0 Å². The standard InChI is InChI=1S/C12H28O5P2/c1-9(16-11(3)7-14-18)5-13-6-10(2)17-12(4)8-15-19/h9-12H,5-8,18-19H2,1-4H3. The van der Waals surface area contributed by atoms with E-state index >= 15 is 0 Å². The molecule has 0 rings (SSSR count). The Morgan fingerprint density at radius 1 is 0.632 bits per heavy atom. The van der Waals surface area contributed by atoms with Crippen molar-refractivity contribution in [2.75, 3.05) is 26.4 Å². The average molecular weight is 314 g/mol. The molecule has 0 aromatic heterocycles. The van der Waals surface area contributed by atoms with E-state index < -0.39 is 0 Å². The van der Waals surface area contributed by atoms with Crippen LogP contribution in [-0.4, -0.2) is 50.8 Å². The van der Waals surface area contributed by atoms with E-state index in [0.29, 0.717) is 26.4 Å². The van der Waals surface area contributed by atoms with Crippen LogP contribution in [0, 0.1) is 0 Å². The van der Waals surface area contributed by atoms with E-state index in [1.54, 1.807) is 0 Å². The summed E-state index contributed by atoms with van der Waals surface area (Å²) in [4.78, 5) is 0. The fraction of sp³-hybridized carbons (Fsp3) is 1.00. The largest absolute Gasteiger partial charge is 0.376 e. The summed E-state index contributed by atoms with van der Waals surface area (Å²) in [5.74, 6) is 0. The molecule has 0 saturated carbocycles. The normalized spacial score (nSPS) is 18.0. The molecule has 116 valence electrons. The van der Waals surface area contributed by atoms with Gasteiger partial charge in [-0.25, -0.2) is 0 Å². The molecule has 0 aromatic rings. The molecule has 6 unspecified atom stereocenters. The van der Waals surface area contributed by atoms with Gasteiger partial charge >= 0.3 is 0 Å². The highest BCUT2D eigenvalue weighted by Gasteiger charge is 2.11. The van der Waals surface area contributed by atoms with E-state index in [-0.39, 0.29) is 24.4 Å². The number of ether oxygens (including phenoxy) is 3. The van der Waals surface area contributed by atoms with Gasteiger partial charge < -0.3 is 23.3 Å². The Kier molecular flexibility index (Phi) is 12.8.